The number of nitrogens with zero attached hydrogens (tertiary/aromatic N) is 1. The van der Waals surface area contributed by atoms with Gasteiger partial charge in [0.15, 0.2) is 0 Å². The lowest BCUT2D eigenvalue weighted by Crippen LogP contribution is -2.12. The second-order valence-electron chi connectivity index (χ2n) is 2.48. The first-order valence-electron chi connectivity index (χ1n) is 3.73. The fourth-order valence-electron chi connectivity index (χ4n) is 0.785. The van der Waals surface area contributed by atoms with Gasteiger partial charge in [-0.15, -0.1) is 0 Å². The number of halogens is 1. The number of hydrazone groups is 1. The standard InChI is InChI=1S/C9H9BrN2O/c1-7(13)12-11-6-8-3-2-4-9(10)5-8/h2-6H,1H3,(H,12,13)/b11-6+. The van der Waals surface area contributed by atoms with E-state index in [4.69, 9.17) is 0 Å². The van der Waals surface area contributed by atoms with Crippen LogP contribution < -0.4 is 5.43 Å². The molecule has 3 nitrogen and oxygen atoms in total. The Morgan fingerprint density at radius 3 is 3.00 bits per heavy atom. The summed E-state index contributed by atoms with van der Waals surface area (Å²) in [5, 5.41) is 3.74. The van der Waals surface area contributed by atoms with Crippen LogP contribution in [0.25, 0.3) is 0 Å². The zero-order chi connectivity index (χ0) is 9.68. The molecule has 0 aliphatic carbocycles. The van der Waals surface area contributed by atoms with E-state index < -0.39 is 0 Å². The van der Waals surface area contributed by atoms with Crippen molar-refractivity contribution in [2.24, 2.45) is 5.10 Å². The van der Waals surface area contributed by atoms with Crippen molar-refractivity contribution in [1.29, 1.82) is 0 Å². The molecule has 1 aromatic rings. The molecule has 0 fully saturated rings. The van der Waals surface area contributed by atoms with E-state index in [0.29, 0.717) is 0 Å². The van der Waals surface area contributed by atoms with E-state index >= 15 is 0 Å². The predicted molar refractivity (Wildman–Crippen MR) is 55.6 cm³/mol. The van der Waals surface area contributed by atoms with Gasteiger partial charge in [-0.05, 0) is 17.7 Å². The average Bonchev–Trinajstić information content (AvgIpc) is 2.03. The molecule has 0 aliphatic rings. The average molecular weight is 241 g/mol. The molecule has 0 aromatic heterocycles. The quantitative estimate of drug-likeness (QED) is 0.623. The van der Waals surface area contributed by atoms with E-state index in [2.05, 4.69) is 26.5 Å². The van der Waals surface area contributed by atoms with Crippen LogP contribution in [-0.2, 0) is 4.79 Å². The predicted octanol–water partition coefficient (Wildman–Crippen LogP) is 1.92. The van der Waals surface area contributed by atoms with Crippen LogP contribution in [0, 0.1) is 0 Å². The molecule has 0 spiro atoms. The Morgan fingerprint density at radius 2 is 2.38 bits per heavy atom. The topological polar surface area (TPSA) is 41.5 Å². The largest absolute Gasteiger partial charge is 0.274 e. The van der Waals surface area contributed by atoms with Gasteiger partial charge < -0.3 is 0 Å². The fourth-order valence-corrected chi connectivity index (χ4v) is 1.20. The summed E-state index contributed by atoms with van der Waals surface area (Å²) in [6.07, 6.45) is 1.59. The molecule has 4 heteroatoms. The highest BCUT2D eigenvalue weighted by Gasteiger charge is 1.89. The molecule has 1 amide bonds. The van der Waals surface area contributed by atoms with Gasteiger partial charge in [0.2, 0.25) is 5.91 Å². The molecule has 0 saturated carbocycles. The summed E-state index contributed by atoms with van der Waals surface area (Å²) in [5.41, 5.74) is 3.26. The Morgan fingerprint density at radius 1 is 1.62 bits per heavy atom. The van der Waals surface area contributed by atoms with Gasteiger partial charge in [0.05, 0.1) is 6.21 Å². The van der Waals surface area contributed by atoms with Crippen LogP contribution in [-0.4, -0.2) is 12.1 Å². The van der Waals surface area contributed by atoms with Crippen molar-refractivity contribution in [3.8, 4) is 0 Å². The molecule has 1 N–H and O–H groups in total. The molecule has 0 bridgehead atoms. The van der Waals surface area contributed by atoms with Gasteiger partial charge in [-0.3, -0.25) is 4.79 Å². The summed E-state index contributed by atoms with van der Waals surface area (Å²) < 4.78 is 0.985. The van der Waals surface area contributed by atoms with E-state index in [1.165, 1.54) is 6.92 Å². The second-order valence-corrected chi connectivity index (χ2v) is 3.40. The molecule has 1 rings (SSSR count). The Labute approximate surface area is 85.0 Å². The number of rotatable bonds is 2. The van der Waals surface area contributed by atoms with Gasteiger partial charge in [-0.25, -0.2) is 5.43 Å². The Kier molecular flexibility index (Phi) is 3.64. The number of nitrogens with one attached hydrogen (secondary N) is 1. The highest BCUT2D eigenvalue weighted by atomic mass is 79.9. The lowest BCUT2D eigenvalue weighted by Gasteiger charge is -1.94. The van der Waals surface area contributed by atoms with Gasteiger partial charge >= 0.3 is 0 Å². The fraction of sp³-hybridized carbons (Fsp3) is 0.111. The summed E-state index contributed by atoms with van der Waals surface area (Å²) in [5.74, 6) is -0.175. The van der Waals surface area contributed by atoms with E-state index in [1.807, 2.05) is 24.3 Å². The molecular formula is C9H9BrN2O. The van der Waals surface area contributed by atoms with Crippen LogP contribution in [0.15, 0.2) is 33.8 Å². The second kappa shape index (κ2) is 4.77. The number of hydrogen-bond donors (Lipinski definition) is 1. The van der Waals surface area contributed by atoms with Crippen molar-refractivity contribution in [3.63, 3.8) is 0 Å². The molecule has 0 aliphatic heterocycles. The molecule has 0 heterocycles. The van der Waals surface area contributed by atoms with Crippen molar-refractivity contribution in [2.45, 2.75) is 6.92 Å². The van der Waals surface area contributed by atoms with Crippen molar-refractivity contribution in [1.82, 2.24) is 5.43 Å². The van der Waals surface area contributed by atoms with Crippen molar-refractivity contribution in [2.75, 3.05) is 0 Å². The summed E-state index contributed by atoms with van der Waals surface area (Å²) in [7, 11) is 0. The minimum Gasteiger partial charge on any atom is -0.274 e. The van der Waals surface area contributed by atoms with Crippen molar-refractivity contribution < 1.29 is 4.79 Å². The maximum atomic E-state index is 10.5. The smallest absolute Gasteiger partial charge is 0.236 e. The summed E-state index contributed by atoms with van der Waals surface area (Å²) in [6.45, 7) is 1.41. The van der Waals surface area contributed by atoms with Crippen LogP contribution in [0.3, 0.4) is 0 Å². The number of carbonyl (C=O) groups is 1. The first kappa shape index (κ1) is 9.92. The van der Waals surface area contributed by atoms with E-state index in [0.717, 1.165) is 10.0 Å². The van der Waals surface area contributed by atoms with Crippen LogP contribution in [0.4, 0.5) is 0 Å². The van der Waals surface area contributed by atoms with Gasteiger partial charge in [0.25, 0.3) is 0 Å². The van der Waals surface area contributed by atoms with Crippen LogP contribution in [0.5, 0.6) is 0 Å². The molecule has 1 aromatic carbocycles. The first-order valence-corrected chi connectivity index (χ1v) is 4.53. The minimum absolute atomic E-state index is 0.175. The Bertz CT molecular complexity index is 336. The molecular weight excluding hydrogens is 232 g/mol. The molecule has 0 unspecified atom stereocenters. The SMILES string of the molecule is CC(=O)N/N=C/c1cccc(Br)c1. The van der Waals surface area contributed by atoms with Crippen LogP contribution in [0.2, 0.25) is 0 Å². The molecule has 0 atom stereocenters. The highest BCUT2D eigenvalue weighted by molar-refractivity contribution is 9.10. The third-order valence-electron chi connectivity index (χ3n) is 1.28. The maximum Gasteiger partial charge on any atom is 0.236 e. The molecule has 0 radical (unpaired) electrons. The van der Waals surface area contributed by atoms with E-state index in [1.54, 1.807) is 6.21 Å². The monoisotopic (exact) mass is 240 g/mol. The first-order chi connectivity index (χ1) is 6.18. The zero-order valence-electron chi connectivity index (χ0n) is 7.12. The Balaban J connectivity index is 2.63. The van der Waals surface area contributed by atoms with Gasteiger partial charge in [-0.2, -0.15) is 5.10 Å². The van der Waals surface area contributed by atoms with Crippen molar-refractivity contribution >= 4 is 28.1 Å². The number of amides is 1. The highest BCUT2D eigenvalue weighted by Crippen LogP contribution is 2.09. The third kappa shape index (κ3) is 3.85. The van der Waals surface area contributed by atoms with Gasteiger partial charge in [-0.1, -0.05) is 28.1 Å². The lowest BCUT2D eigenvalue weighted by molar-refractivity contribution is -0.118. The van der Waals surface area contributed by atoms with E-state index in [9.17, 15) is 4.79 Å². The molecule has 68 valence electrons. The zero-order valence-corrected chi connectivity index (χ0v) is 8.71. The Hall–Kier alpha value is -1.16. The third-order valence-corrected chi connectivity index (χ3v) is 1.78. The summed E-state index contributed by atoms with van der Waals surface area (Å²) >= 11 is 3.33. The lowest BCUT2D eigenvalue weighted by atomic mass is 10.2. The number of benzene rings is 1. The van der Waals surface area contributed by atoms with Crippen molar-refractivity contribution in [3.05, 3.63) is 34.3 Å². The summed E-state index contributed by atoms with van der Waals surface area (Å²) in [4.78, 5) is 10.5. The number of carbonyl (C=O) groups excluding carboxylic acids is 1. The minimum atomic E-state index is -0.175. The van der Waals surface area contributed by atoms with Gasteiger partial charge in [0, 0.05) is 11.4 Å². The van der Waals surface area contributed by atoms with E-state index in [-0.39, 0.29) is 5.91 Å². The number of hydrogen-bond acceptors (Lipinski definition) is 2. The normalized spacial score (nSPS) is 10.3. The summed E-state index contributed by atoms with van der Waals surface area (Å²) in [6, 6.07) is 7.64. The van der Waals surface area contributed by atoms with Crippen LogP contribution >= 0.6 is 15.9 Å². The molecule has 0 saturated heterocycles. The maximum absolute atomic E-state index is 10.5. The van der Waals surface area contributed by atoms with Gasteiger partial charge in [0.1, 0.15) is 0 Å². The van der Waals surface area contributed by atoms with Crippen LogP contribution in [0.1, 0.15) is 12.5 Å². The molecule has 13 heavy (non-hydrogen) atoms.